The number of carbonyl (C=O) groups is 1. The van der Waals surface area contributed by atoms with Crippen LogP contribution in [0.15, 0.2) is 60.7 Å². The van der Waals surface area contributed by atoms with Crippen LogP contribution in [0.5, 0.6) is 5.75 Å². The summed E-state index contributed by atoms with van der Waals surface area (Å²) in [6.07, 6.45) is 0. The van der Waals surface area contributed by atoms with Gasteiger partial charge in [-0.25, -0.2) is 4.85 Å². The zero-order chi connectivity index (χ0) is 17.8. The SMILES string of the molecule is [C-]#[N+]c1ccc(-c2ccc(C(=O)N(C)c3cccc(OC)c3)s2)cc1. The maximum Gasteiger partial charge on any atom is 0.268 e. The smallest absolute Gasteiger partial charge is 0.268 e. The van der Waals surface area contributed by atoms with Crippen LogP contribution in [-0.2, 0) is 0 Å². The number of amides is 1. The Hall–Kier alpha value is -3.10. The second-order valence-corrected chi connectivity index (χ2v) is 6.47. The fraction of sp³-hybridized carbons (Fsp3) is 0.100. The second kappa shape index (κ2) is 7.20. The lowest BCUT2D eigenvalue weighted by molar-refractivity contribution is 0.0997. The van der Waals surface area contributed by atoms with Gasteiger partial charge in [0.2, 0.25) is 0 Å². The number of benzene rings is 2. The van der Waals surface area contributed by atoms with Crippen LogP contribution >= 0.6 is 11.3 Å². The Balaban J connectivity index is 1.83. The number of hydrogen-bond acceptors (Lipinski definition) is 3. The van der Waals surface area contributed by atoms with E-state index in [9.17, 15) is 4.79 Å². The van der Waals surface area contributed by atoms with Crippen molar-refractivity contribution in [3.63, 3.8) is 0 Å². The molecule has 4 nitrogen and oxygen atoms in total. The van der Waals surface area contributed by atoms with Gasteiger partial charge in [0.25, 0.3) is 5.91 Å². The van der Waals surface area contributed by atoms with E-state index in [1.807, 2.05) is 48.5 Å². The van der Waals surface area contributed by atoms with Gasteiger partial charge in [-0.05, 0) is 29.8 Å². The zero-order valence-corrected chi connectivity index (χ0v) is 14.7. The van der Waals surface area contributed by atoms with Crippen LogP contribution in [-0.4, -0.2) is 20.1 Å². The van der Waals surface area contributed by atoms with Gasteiger partial charge in [0.05, 0.1) is 18.6 Å². The lowest BCUT2D eigenvalue weighted by Crippen LogP contribution is -2.25. The van der Waals surface area contributed by atoms with Crippen molar-refractivity contribution in [2.75, 3.05) is 19.1 Å². The molecule has 0 unspecified atom stereocenters. The zero-order valence-electron chi connectivity index (χ0n) is 13.9. The molecule has 3 rings (SSSR count). The summed E-state index contributed by atoms with van der Waals surface area (Å²) >= 11 is 1.44. The highest BCUT2D eigenvalue weighted by atomic mass is 32.1. The van der Waals surface area contributed by atoms with Crippen LogP contribution in [0.25, 0.3) is 15.3 Å². The van der Waals surface area contributed by atoms with E-state index in [1.165, 1.54) is 11.3 Å². The molecule has 0 aliphatic carbocycles. The molecule has 0 atom stereocenters. The molecular formula is C20H16N2O2S. The molecule has 3 aromatic rings. The molecule has 0 N–H and O–H groups in total. The molecular weight excluding hydrogens is 332 g/mol. The van der Waals surface area contributed by atoms with Crippen molar-refractivity contribution in [3.05, 3.63) is 77.0 Å². The van der Waals surface area contributed by atoms with Crippen molar-refractivity contribution < 1.29 is 9.53 Å². The van der Waals surface area contributed by atoms with Crippen molar-refractivity contribution in [2.24, 2.45) is 0 Å². The van der Waals surface area contributed by atoms with Crippen LogP contribution in [0.1, 0.15) is 9.67 Å². The fourth-order valence-corrected chi connectivity index (χ4v) is 3.40. The molecule has 0 saturated heterocycles. The number of nitrogens with zero attached hydrogens (tertiary/aromatic N) is 2. The Morgan fingerprint density at radius 1 is 1.12 bits per heavy atom. The molecule has 0 spiro atoms. The van der Waals surface area contributed by atoms with Gasteiger partial charge in [0.15, 0.2) is 5.69 Å². The minimum Gasteiger partial charge on any atom is -0.497 e. The minimum absolute atomic E-state index is 0.0673. The number of rotatable bonds is 4. The summed E-state index contributed by atoms with van der Waals surface area (Å²) in [6.45, 7) is 7.01. The number of anilines is 1. The first kappa shape index (κ1) is 16.7. The van der Waals surface area contributed by atoms with Crippen molar-refractivity contribution in [1.29, 1.82) is 0 Å². The summed E-state index contributed by atoms with van der Waals surface area (Å²) < 4.78 is 5.21. The van der Waals surface area contributed by atoms with E-state index in [2.05, 4.69) is 4.85 Å². The third-order valence-corrected chi connectivity index (χ3v) is 4.97. The Morgan fingerprint density at radius 3 is 2.56 bits per heavy atom. The van der Waals surface area contributed by atoms with Gasteiger partial charge in [0.1, 0.15) is 5.75 Å². The number of carbonyl (C=O) groups excluding carboxylic acids is 1. The van der Waals surface area contributed by atoms with Crippen molar-refractivity contribution in [3.8, 4) is 16.2 Å². The third-order valence-electron chi connectivity index (χ3n) is 3.84. The predicted octanol–water partition coefficient (Wildman–Crippen LogP) is 5.25. The summed E-state index contributed by atoms with van der Waals surface area (Å²) in [5.74, 6) is 0.645. The van der Waals surface area contributed by atoms with Crippen LogP contribution in [0.4, 0.5) is 11.4 Å². The molecule has 0 bridgehead atoms. The molecule has 1 aromatic heterocycles. The van der Waals surface area contributed by atoms with Crippen LogP contribution in [0, 0.1) is 6.57 Å². The Labute approximate surface area is 150 Å². The van der Waals surface area contributed by atoms with Gasteiger partial charge in [-0.1, -0.05) is 30.3 Å². The van der Waals surface area contributed by atoms with Gasteiger partial charge in [0, 0.05) is 23.7 Å². The quantitative estimate of drug-likeness (QED) is 0.603. The summed E-state index contributed by atoms with van der Waals surface area (Å²) in [5.41, 5.74) is 2.38. The summed E-state index contributed by atoms with van der Waals surface area (Å²) in [4.78, 5) is 19.4. The topological polar surface area (TPSA) is 33.9 Å². The Morgan fingerprint density at radius 2 is 1.88 bits per heavy atom. The molecule has 2 aromatic carbocycles. The van der Waals surface area contributed by atoms with Gasteiger partial charge in [-0.15, -0.1) is 11.3 Å². The monoisotopic (exact) mass is 348 g/mol. The normalized spacial score (nSPS) is 10.1. The molecule has 0 aliphatic heterocycles. The minimum atomic E-state index is -0.0673. The highest BCUT2D eigenvalue weighted by Crippen LogP contribution is 2.31. The van der Waals surface area contributed by atoms with Crippen molar-refractivity contribution in [2.45, 2.75) is 0 Å². The predicted molar refractivity (Wildman–Crippen MR) is 102 cm³/mol. The average molecular weight is 348 g/mol. The Kier molecular flexibility index (Phi) is 4.82. The standard InChI is InChI=1S/C20H16N2O2S/c1-21-15-9-7-14(8-10-15)18-11-12-19(25-18)20(23)22(2)16-5-4-6-17(13-16)24-3/h4-13H,2-3H3. The number of hydrogen-bond donors (Lipinski definition) is 0. The highest BCUT2D eigenvalue weighted by Gasteiger charge is 2.16. The molecule has 124 valence electrons. The third kappa shape index (κ3) is 3.54. The number of methoxy groups -OCH3 is 1. The molecule has 0 aliphatic rings. The van der Waals surface area contributed by atoms with Gasteiger partial charge >= 0.3 is 0 Å². The summed E-state index contributed by atoms with van der Waals surface area (Å²) in [6, 6.07) is 18.5. The van der Waals surface area contributed by atoms with Crippen LogP contribution in [0.2, 0.25) is 0 Å². The molecule has 25 heavy (non-hydrogen) atoms. The molecule has 0 radical (unpaired) electrons. The molecule has 5 heteroatoms. The molecule has 0 fully saturated rings. The largest absolute Gasteiger partial charge is 0.497 e. The highest BCUT2D eigenvalue weighted by molar-refractivity contribution is 7.17. The lowest BCUT2D eigenvalue weighted by atomic mass is 10.2. The lowest BCUT2D eigenvalue weighted by Gasteiger charge is -2.17. The average Bonchev–Trinajstić information content (AvgIpc) is 3.17. The first-order valence-corrected chi connectivity index (χ1v) is 8.44. The van der Waals surface area contributed by atoms with Crippen LogP contribution < -0.4 is 9.64 Å². The van der Waals surface area contributed by atoms with E-state index in [0.29, 0.717) is 16.3 Å². The summed E-state index contributed by atoms with van der Waals surface area (Å²) in [7, 11) is 3.35. The fourth-order valence-electron chi connectivity index (χ4n) is 2.41. The van der Waals surface area contributed by atoms with Gasteiger partial charge in [-0.2, -0.15) is 0 Å². The number of thiophene rings is 1. The van der Waals surface area contributed by atoms with Gasteiger partial charge in [-0.3, -0.25) is 4.79 Å². The maximum atomic E-state index is 12.7. The van der Waals surface area contributed by atoms with Crippen molar-refractivity contribution >= 4 is 28.6 Å². The maximum absolute atomic E-state index is 12.7. The molecule has 1 amide bonds. The van der Waals surface area contributed by atoms with Gasteiger partial charge < -0.3 is 9.64 Å². The van der Waals surface area contributed by atoms with Crippen LogP contribution in [0.3, 0.4) is 0 Å². The van der Waals surface area contributed by atoms with E-state index in [4.69, 9.17) is 11.3 Å². The van der Waals surface area contributed by atoms with E-state index < -0.39 is 0 Å². The summed E-state index contributed by atoms with van der Waals surface area (Å²) in [5, 5.41) is 0. The van der Waals surface area contributed by atoms with E-state index in [0.717, 1.165) is 16.1 Å². The van der Waals surface area contributed by atoms with E-state index in [1.54, 1.807) is 31.2 Å². The number of ether oxygens (including phenoxy) is 1. The first-order chi connectivity index (χ1) is 12.1. The second-order valence-electron chi connectivity index (χ2n) is 5.39. The molecule has 0 saturated carbocycles. The van der Waals surface area contributed by atoms with Crippen molar-refractivity contribution in [1.82, 2.24) is 0 Å². The van der Waals surface area contributed by atoms with E-state index >= 15 is 0 Å². The van der Waals surface area contributed by atoms with E-state index in [-0.39, 0.29) is 5.91 Å². The first-order valence-electron chi connectivity index (χ1n) is 7.62. The Bertz CT molecular complexity index is 939. The molecule has 1 heterocycles.